The molecule has 0 N–H and O–H groups in total. The van der Waals surface area contributed by atoms with Crippen LogP contribution in [0, 0.1) is 0 Å². The van der Waals surface area contributed by atoms with Gasteiger partial charge in [-0.25, -0.2) is 0 Å². The molecule has 0 aliphatic carbocycles. The van der Waals surface area contributed by atoms with Gasteiger partial charge >= 0.3 is 5.51 Å². The summed E-state index contributed by atoms with van der Waals surface area (Å²) in [6, 6.07) is 6.72. The molecular weight excluding hydrogens is 247 g/mol. The summed E-state index contributed by atoms with van der Waals surface area (Å²) in [4.78, 5) is 2.35. The summed E-state index contributed by atoms with van der Waals surface area (Å²) in [6.45, 7) is 0.880. The highest BCUT2D eigenvalue weighted by molar-refractivity contribution is 8.00. The van der Waals surface area contributed by atoms with Crippen LogP contribution in [-0.2, 0) is 6.42 Å². The summed E-state index contributed by atoms with van der Waals surface area (Å²) >= 11 is -0.0274. The minimum absolute atomic E-state index is 0.0274. The van der Waals surface area contributed by atoms with E-state index in [1.54, 1.807) is 18.2 Å². The molecule has 17 heavy (non-hydrogen) atoms. The molecule has 0 radical (unpaired) electrons. The van der Waals surface area contributed by atoms with Crippen LogP contribution in [0.1, 0.15) is 12.0 Å². The van der Waals surface area contributed by atoms with Gasteiger partial charge in [-0.05, 0) is 56.9 Å². The van der Waals surface area contributed by atoms with E-state index in [2.05, 4.69) is 0 Å². The summed E-state index contributed by atoms with van der Waals surface area (Å²) in [7, 11) is 3.91. The molecule has 1 aromatic rings. The van der Waals surface area contributed by atoms with Crippen LogP contribution in [0.5, 0.6) is 0 Å². The number of benzene rings is 1. The number of alkyl halides is 3. The molecule has 0 aromatic heterocycles. The van der Waals surface area contributed by atoms with Gasteiger partial charge in [0.15, 0.2) is 0 Å². The molecule has 0 atom stereocenters. The van der Waals surface area contributed by atoms with Gasteiger partial charge in [-0.3, -0.25) is 0 Å². The third kappa shape index (κ3) is 5.98. The van der Waals surface area contributed by atoms with Crippen LogP contribution >= 0.6 is 11.8 Å². The molecule has 0 spiro atoms. The Hall–Kier alpha value is -0.680. The second-order valence-corrected chi connectivity index (χ2v) is 5.17. The Kier molecular flexibility index (Phi) is 5.33. The summed E-state index contributed by atoms with van der Waals surface area (Å²) < 4.78 is 37.0. The monoisotopic (exact) mass is 263 g/mol. The van der Waals surface area contributed by atoms with E-state index in [0.29, 0.717) is 11.3 Å². The van der Waals surface area contributed by atoms with Crippen molar-refractivity contribution < 1.29 is 13.2 Å². The second kappa shape index (κ2) is 6.31. The number of rotatable bonds is 5. The highest BCUT2D eigenvalue weighted by Crippen LogP contribution is 2.38. The van der Waals surface area contributed by atoms with Crippen LogP contribution in [-0.4, -0.2) is 31.0 Å². The second-order valence-electron chi connectivity index (χ2n) is 4.06. The summed E-state index contributed by atoms with van der Waals surface area (Å²) in [5, 5.41) is 0. The van der Waals surface area contributed by atoms with E-state index in [4.69, 9.17) is 0 Å². The third-order valence-electron chi connectivity index (χ3n) is 2.25. The number of hydrogen-bond acceptors (Lipinski definition) is 2. The lowest BCUT2D eigenvalue weighted by atomic mass is 10.1. The molecule has 0 heterocycles. The maximum atomic E-state index is 12.3. The minimum atomic E-state index is -4.21. The first-order valence-electron chi connectivity index (χ1n) is 5.37. The van der Waals surface area contributed by atoms with Crippen LogP contribution in [0.2, 0.25) is 0 Å². The molecule has 1 nitrogen and oxygen atoms in total. The van der Waals surface area contributed by atoms with E-state index < -0.39 is 5.51 Å². The molecule has 0 aliphatic rings. The fraction of sp³-hybridized carbons (Fsp3) is 0.500. The van der Waals surface area contributed by atoms with Crippen LogP contribution in [0.4, 0.5) is 13.2 Å². The lowest BCUT2D eigenvalue weighted by Crippen LogP contribution is -2.13. The predicted molar refractivity (Wildman–Crippen MR) is 65.2 cm³/mol. The first kappa shape index (κ1) is 14.4. The molecule has 0 amide bonds. The molecule has 1 aromatic carbocycles. The fourth-order valence-corrected chi connectivity index (χ4v) is 2.22. The minimum Gasteiger partial charge on any atom is -0.309 e. The number of halogens is 3. The SMILES string of the molecule is CN(C)CCCc1ccccc1SC(F)(F)F. The van der Waals surface area contributed by atoms with Gasteiger partial charge in [0.25, 0.3) is 0 Å². The van der Waals surface area contributed by atoms with Crippen molar-refractivity contribution >= 4 is 11.8 Å². The fourth-order valence-electron chi connectivity index (χ4n) is 1.52. The average molecular weight is 263 g/mol. The Morgan fingerprint density at radius 1 is 1.18 bits per heavy atom. The highest BCUT2D eigenvalue weighted by Gasteiger charge is 2.30. The largest absolute Gasteiger partial charge is 0.446 e. The molecule has 0 saturated carbocycles. The Balaban J connectivity index is 2.64. The van der Waals surface area contributed by atoms with Crippen LogP contribution in [0.3, 0.4) is 0 Å². The lowest BCUT2D eigenvalue weighted by molar-refractivity contribution is -0.0328. The first-order valence-corrected chi connectivity index (χ1v) is 6.18. The van der Waals surface area contributed by atoms with Crippen molar-refractivity contribution in [3.05, 3.63) is 29.8 Å². The van der Waals surface area contributed by atoms with Crippen molar-refractivity contribution in [2.75, 3.05) is 20.6 Å². The molecule has 0 unspecified atom stereocenters. The molecule has 5 heteroatoms. The number of hydrogen-bond donors (Lipinski definition) is 0. The van der Waals surface area contributed by atoms with Crippen molar-refractivity contribution in [3.8, 4) is 0 Å². The maximum Gasteiger partial charge on any atom is 0.446 e. The van der Waals surface area contributed by atoms with Crippen molar-refractivity contribution in [2.24, 2.45) is 0 Å². The van der Waals surface area contributed by atoms with Gasteiger partial charge in [0, 0.05) is 4.90 Å². The van der Waals surface area contributed by atoms with Gasteiger partial charge in [-0.15, -0.1) is 0 Å². The Morgan fingerprint density at radius 3 is 2.41 bits per heavy atom. The van der Waals surface area contributed by atoms with Crippen molar-refractivity contribution in [2.45, 2.75) is 23.2 Å². The molecule has 1 rings (SSSR count). The molecule has 0 saturated heterocycles. The smallest absolute Gasteiger partial charge is 0.309 e. The van der Waals surface area contributed by atoms with Gasteiger partial charge < -0.3 is 4.90 Å². The summed E-state index contributed by atoms with van der Waals surface area (Å²) in [6.07, 6.45) is 1.54. The van der Waals surface area contributed by atoms with Gasteiger partial charge in [-0.1, -0.05) is 18.2 Å². The molecule has 0 bridgehead atoms. The molecule has 96 valence electrons. The average Bonchev–Trinajstić information content (AvgIpc) is 2.17. The molecule has 0 aliphatic heterocycles. The van der Waals surface area contributed by atoms with E-state index in [-0.39, 0.29) is 11.8 Å². The highest BCUT2D eigenvalue weighted by atomic mass is 32.2. The zero-order valence-corrected chi connectivity index (χ0v) is 10.7. The van der Waals surface area contributed by atoms with Crippen LogP contribution in [0.25, 0.3) is 0 Å². The normalized spacial score (nSPS) is 12.1. The quantitative estimate of drug-likeness (QED) is 0.743. The van der Waals surface area contributed by atoms with Gasteiger partial charge in [-0.2, -0.15) is 13.2 Å². The standard InChI is InChI=1S/C12H16F3NS/c1-16(2)9-5-7-10-6-3-4-8-11(10)17-12(13,14)15/h3-4,6,8H,5,7,9H2,1-2H3. The van der Waals surface area contributed by atoms with E-state index in [0.717, 1.165) is 18.5 Å². The maximum absolute atomic E-state index is 12.3. The van der Waals surface area contributed by atoms with E-state index in [1.807, 2.05) is 19.0 Å². The zero-order chi connectivity index (χ0) is 12.9. The van der Waals surface area contributed by atoms with Gasteiger partial charge in [0.05, 0.1) is 0 Å². The van der Waals surface area contributed by atoms with E-state index >= 15 is 0 Å². The summed E-state index contributed by atoms with van der Waals surface area (Å²) in [5.41, 5.74) is -3.44. The third-order valence-corrected chi connectivity index (χ3v) is 3.10. The van der Waals surface area contributed by atoms with Gasteiger partial charge in [0.1, 0.15) is 0 Å². The van der Waals surface area contributed by atoms with Crippen LogP contribution < -0.4 is 0 Å². The van der Waals surface area contributed by atoms with Crippen LogP contribution in [0.15, 0.2) is 29.2 Å². The number of nitrogens with zero attached hydrogens (tertiary/aromatic N) is 1. The van der Waals surface area contributed by atoms with Crippen molar-refractivity contribution in [1.29, 1.82) is 0 Å². The Bertz CT molecular complexity index is 350. The Morgan fingerprint density at radius 2 is 1.82 bits per heavy atom. The van der Waals surface area contributed by atoms with Crippen molar-refractivity contribution in [3.63, 3.8) is 0 Å². The topological polar surface area (TPSA) is 3.24 Å². The zero-order valence-electron chi connectivity index (χ0n) is 9.92. The van der Waals surface area contributed by atoms with E-state index in [1.165, 1.54) is 6.07 Å². The number of aryl methyl sites for hydroxylation is 1. The van der Waals surface area contributed by atoms with Crippen molar-refractivity contribution in [1.82, 2.24) is 4.90 Å². The number of thioether (sulfide) groups is 1. The summed E-state index contributed by atoms with van der Waals surface area (Å²) in [5.74, 6) is 0. The molecular formula is C12H16F3NS. The lowest BCUT2D eigenvalue weighted by Gasteiger charge is -2.12. The van der Waals surface area contributed by atoms with E-state index in [9.17, 15) is 13.2 Å². The Labute approximate surface area is 104 Å². The molecule has 0 fully saturated rings. The first-order chi connectivity index (χ1) is 7.88. The van der Waals surface area contributed by atoms with Gasteiger partial charge in [0.2, 0.25) is 0 Å². The predicted octanol–water partition coefficient (Wildman–Crippen LogP) is 3.79.